The van der Waals surface area contributed by atoms with Crippen LogP contribution in [-0.4, -0.2) is 36.0 Å². The standard InChI is InChI=1S/C23H27N3O4S/c1-3-16-30-21(28)15-14-20(27)25-23(31)24-18-12-10-17(11-13-18)22(29)26(4-2)19-8-6-5-7-9-19/h5-13H,3-4,14-16H2,1-2H3,(H2,24,25,27,31). The summed E-state index contributed by atoms with van der Waals surface area (Å²) in [6.45, 7) is 4.71. The molecule has 2 aromatic carbocycles. The Kier molecular flexibility index (Phi) is 9.64. The summed E-state index contributed by atoms with van der Waals surface area (Å²) in [6, 6.07) is 16.3. The summed E-state index contributed by atoms with van der Waals surface area (Å²) in [5, 5.41) is 5.53. The van der Waals surface area contributed by atoms with Crippen molar-refractivity contribution in [3.63, 3.8) is 0 Å². The molecule has 0 aromatic heterocycles. The average Bonchev–Trinajstić information content (AvgIpc) is 2.77. The number of hydrogen-bond donors (Lipinski definition) is 2. The van der Waals surface area contributed by atoms with E-state index in [0.29, 0.717) is 24.4 Å². The van der Waals surface area contributed by atoms with Crippen LogP contribution < -0.4 is 15.5 Å². The highest BCUT2D eigenvalue weighted by Gasteiger charge is 2.16. The molecule has 7 nitrogen and oxygen atoms in total. The second-order valence-electron chi connectivity index (χ2n) is 6.69. The largest absolute Gasteiger partial charge is 0.466 e. The number of ether oxygens (including phenoxy) is 1. The van der Waals surface area contributed by atoms with Crippen molar-refractivity contribution in [1.82, 2.24) is 5.32 Å². The molecule has 0 saturated heterocycles. The molecule has 0 aliphatic heterocycles. The number of thiocarbonyl (C=S) groups is 1. The van der Waals surface area contributed by atoms with Crippen molar-refractivity contribution in [1.29, 1.82) is 0 Å². The van der Waals surface area contributed by atoms with Gasteiger partial charge in [-0.05, 0) is 62.0 Å². The van der Waals surface area contributed by atoms with Crippen LogP contribution in [0.1, 0.15) is 43.5 Å². The molecule has 0 fully saturated rings. The van der Waals surface area contributed by atoms with Gasteiger partial charge in [0.15, 0.2) is 5.11 Å². The highest BCUT2D eigenvalue weighted by atomic mass is 32.1. The van der Waals surface area contributed by atoms with Crippen molar-refractivity contribution in [2.45, 2.75) is 33.1 Å². The molecule has 8 heteroatoms. The van der Waals surface area contributed by atoms with E-state index in [-0.39, 0.29) is 29.8 Å². The van der Waals surface area contributed by atoms with Crippen molar-refractivity contribution in [2.24, 2.45) is 0 Å². The van der Waals surface area contributed by atoms with Crippen LogP contribution in [-0.2, 0) is 14.3 Å². The lowest BCUT2D eigenvalue weighted by Crippen LogP contribution is -2.34. The Morgan fingerprint density at radius 2 is 1.65 bits per heavy atom. The smallest absolute Gasteiger partial charge is 0.306 e. The topological polar surface area (TPSA) is 87.7 Å². The van der Waals surface area contributed by atoms with Crippen molar-refractivity contribution < 1.29 is 19.1 Å². The second kappa shape index (κ2) is 12.4. The first kappa shape index (κ1) is 24.0. The summed E-state index contributed by atoms with van der Waals surface area (Å²) in [5.74, 6) is -0.891. The summed E-state index contributed by atoms with van der Waals surface area (Å²) in [7, 11) is 0. The van der Waals surface area contributed by atoms with E-state index in [1.807, 2.05) is 44.2 Å². The molecule has 0 aliphatic rings. The third-order valence-electron chi connectivity index (χ3n) is 4.30. The van der Waals surface area contributed by atoms with E-state index in [1.54, 1.807) is 29.2 Å². The van der Waals surface area contributed by atoms with Gasteiger partial charge in [0.2, 0.25) is 5.91 Å². The van der Waals surface area contributed by atoms with Crippen LogP contribution in [0.5, 0.6) is 0 Å². The lowest BCUT2D eigenvalue weighted by atomic mass is 10.1. The maximum atomic E-state index is 12.8. The second-order valence-corrected chi connectivity index (χ2v) is 7.09. The minimum atomic E-state index is -0.409. The van der Waals surface area contributed by atoms with Crippen molar-refractivity contribution in [3.8, 4) is 0 Å². The first-order valence-corrected chi connectivity index (χ1v) is 10.6. The zero-order valence-corrected chi connectivity index (χ0v) is 18.5. The Morgan fingerprint density at radius 1 is 0.968 bits per heavy atom. The molecular weight excluding hydrogens is 414 g/mol. The highest BCUT2D eigenvalue weighted by Crippen LogP contribution is 2.18. The number of esters is 1. The summed E-state index contributed by atoms with van der Waals surface area (Å²) < 4.78 is 4.93. The molecule has 2 rings (SSSR count). The zero-order valence-electron chi connectivity index (χ0n) is 17.7. The molecule has 0 aliphatic carbocycles. The molecule has 0 heterocycles. The fourth-order valence-corrected chi connectivity index (χ4v) is 2.99. The van der Waals surface area contributed by atoms with Gasteiger partial charge in [0.1, 0.15) is 0 Å². The lowest BCUT2D eigenvalue weighted by molar-refractivity contribution is -0.144. The van der Waals surface area contributed by atoms with E-state index in [2.05, 4.69) is 10.6 Å². The van der Waals surface area contributed by atoms with Crippen LogP contribution in [0, 0.1) is 0 Å². The number of benzene rings is 2. The monoisotopic (exact) mass is 441 g/mol. The number of nitrogens with one attached hydrogen (secondary N) is 2. The van der Waals surface area contributed by atoms with Gasteiger partial charge in [-0.2, -0.15) is 0 Å². The average molecular weight is 442 g/mol. The maximum absolute atomic E-state index is 12.8. The van der Waals surface area contributed by atoms with Crippen molar-refractivity contribution in [3.05, 3.63) is 60.2 Å². The van der Waals surface area contributed by atoms with Gasteiger partial charge in [-0.3, -0.25) is 14.4 Å². The third kappa shape index (κ3) is 7.82. The summed E-state index contributed by atoms with van der Waals surface area (Å²) >= 11 is 5.14. The number of carbonyl (C=O) groups is 3. The van der Waals surface area contributed by atoms with Gasteiger partial charge < -0.3 is 20.3 Å². The number of amides is 2. The van der Waals surface area contributed by atoms with Gasteiger partial charge in [-0.25, -0.2) is 0 Å². The van der Waals surface area contributed by atoms with E-state index >= 15 is 0 Å². The third-order valence-corrected chi connectivity index (χ3v) is 4.50. The minimum Gasteiger partial charge on any atom is -0.466 e. The molecule has 2 aromatic rings. The maximum Gasteiger partial charge on any atom is 0.306 e. The summed E-state index contributed by atoms with van der Waals surface area (Å²) in [4.78, 5) is 37.9. The van der Waals surface area contributed by atoms with Gasteiger partial charge in [0.05, 0.1) is 13.0 Å². The highest BCUT2D eigenvalue weighted by molar-refractivity contribution is 7.80. The lowest BCUT2D eigenvalue weighted by Gasteiger charge is -2.21. The van der Waals surface area contributed by atoms with Crippen LogP contribution in [0.15, 0.2) is 54.6 Å². The number of nitrogens with zero attached hydrogens (tertiary/aromatic N) is 1. The van der Waals surface area contributed by atoms with Crippen LogP contribution in [0.3, 0.4) is 0 Å². The van der Waals surface area contributed by atoms with Gasteiger partial charge in [0.25, 0.3) is 5.91 Å². The molecule has 164 valence electrons. The zero-order chi connectivity index (χ0) is 22.6. The number of para-hydroxylation sites is 1. The van der Waals surface area contributed by atoms with Gasteiger partial charge in [-0.1, -0.05) is 25.1 Å². The minimum absolute atomic E-state index is 0.000593. The summed E-state index contributed by atoms with van der Waals surface area (Å²) in [6.07, 6.45) is 0.726. The van der Waals surface area contributed by atoms with E-state index in [9.17, 15) is 14.4 Å². The Labute approximate surface area is 187 Å². The molecule has 0 spiro atoms. The molecule has 0 atom stereocenters. The van der Waals surface area contributed by atoms with Crippen LogP contribution in [0.4, 0.5) is 11.4 Å². The van der Waals surface area contributed by atoms with Gasteiger partial charge >= 0.3 is 5.97 Å². The molecule has 31 heavy (non-hydrogen) atoms. The fourth-order valence-electron chi connectivity index (χ4n) is 2.76. The van der Waals surface area contributed by atoms with E-state index in [4.69, 9.17) is 17.0 Å². The first-order chi connectivity index (χ1) is 14.9. The van der Waals surface area contributed by atoms with Crippen LogP contribution in [0.2, 0.25) is 0 Å². The molecule has 0 saturated carbocycles. The van der Waals surface area contributed by atoms with Crippen LogP contribution >= 0.6 is 12.2 Å². The molecule has 0 bridgehead atoms. The van der Waals surface area contributed by atoms with Gasteiger partial charge in [-0.15, -0.1) is 0 Å². The van der Waals surface area contributed by atoms with Crippen molar-refractivity contribution >= 4 is 46.5 Å². The SMILES string of the molecule is CCCOC(=O)CCC(=O)NC(=S)Nc1ccc(C(=O)N(CC)c2ccccc2)cc1. The molecule has 2 amide bonds. The van der Waals surface area contributed by atoms with E-state index in [0.717, 1.165) is 12.1 Å². The molecule has 0 radical (unpaired) electrons. The van der Waals surface area contributed by atoms with Crippen LogP contribution in [0.25, 0.3) is 0 Å². The Balaban J connectivity index is 1.87. The Hall–Kier alpha value is -3.26. The summed E-state index contributed by atoms with van der Waals surface area (Å²) in [5.41, 5.74) is 2.00. The van der Waals surface area contributed by atoms with E-state index in [1.165, 1.54) is 0 Å². The number of anilines is 2. The number of rotatable bonds is 9. The predicted molar refractivity (Wildman–Crippen MR) is 125 cm³/mol. The number of carbonyl (C=O) groups excluding carboxylic acids is 3. The van der Waals surface area contributed by atoms with Gasteiger partial charge in [0, 0.05) is 29.9 Å². The Bertz CT molecular complexity index is 901. The van der Waals surface area contributed by atoms with Crippen molar-refractivity contribution in [2.75, 3.05) is 23.4 Å². The first-order valence-electron chi connectivity index (χ1n) is 10.2. The van der Waals surface area contributed by atoms with E-state index < -0.39 is 5.97 Å². The predicted octanol–water partition coefficient (Wildman–Crippen LogP) is 3.90. The molecular formula is C23H27N3O4S. The quantitative estimate of drug-likeness (QED) is 0.453. The fraction of sp³-hybridized carbons (Fsp3) is 0.304. The molecule has 0 unspecified atom stereocenters. The normalized spacial score (nSPS) is 10.1. The molecule has 2 N–H and O–H groups in total. The Morgan fingerprint density at radius 3 is 2.26 bits per heavy atom. The number of hydrogen-bond acceptors (Lipinski definition) is 5.